The number of carbonyl (C=O) groups is 2. The van der Waals surface area contributed by atoms with Crippen LogP contribution >= 0.6 is 27.5 Å². The maximum Gasteiger partial charge on any atom is 0.409 e. The molecule has 2 fully saturated rings. The fraction of sp³-hybridized carbons (Fsp3) is 0.643. The molecular formula is C28H38BrClFN5O6. The van der Waals surface area contributed by atoms with E-state index in [4.69, 9.17) is 25.8 Å². The topological polar surface area (TPSA) is 107 Å². The molecule has 1 aromatic carbocycles. The molecule has 0 spiro atoms. The zero-order valence-corrected chi connectivity index (χ0v) is 26.4. The van der Waals surface area contributed by atoms with Gasteiger partial charge in [-0.3, -0.25) is 0 Å². The number of piperidine rings is 1. The van der Waals surface area contributed by atoms with E-state index in [0.717, 1.165) is 51.7 Å². The largest absolute Gasteiger partial charge is 0.467 e. The molecule has 3 heterocycles. The van der Waals surface area contributed by atoms with Crippen molar-refractivity contribution >= 4 is 56.3 Å². The first-order valence-corrected chi connectivity index (χ1v) is 15.5. The number of carbonyl (C=O) groups excluding carboxylic acids is 2. The number of rotatable bonds is 12. The van der Waals surface area contributed by atoms with Crippen LogP contribution in [0.25, 0.3) is 10.9 Å². The number of amides is 1. The zero-order chi connectivity index (χ0) is 30.1. The Morgan fingerprint density at radius 2 is 1.83 bits per heavy atom. The monoisotopic (exact) mass is 673 g/mol. The quantitative estimate of drug-likeness (QED) is 0.179. The molecule has 4 rings (SSSR count). The summed E-state index contributed by atoms with van der Waals surface area (Å²) in [5.74, 6) is -0.438. The highest BCUT2D eigenvalue weighted by Gasteiger charge is 2.27. The number of methoxy groups -OCH3 is 1. The van der Waals surface area contributed by atoms with Crippen LogP contribution in [0.1, 0.15) is 39.0 Å². The van der Waals surface area contributed by atoms with Crippen molar-refractivity contribution in [2.45, 2.75) is 45.1 Å². The number of nitrogens with zero attached hydrogens (tertiary/aromatic N) is 5. The summed E-state index contributed by atoms with van der Waals surface area (Å²) in [6.45, 7) is 7.20. The fourth-order valence-corrected chi connectivity index (χ4v) is 5.43. The first-order valence-electron chi connectivity index (χ1n) is 14.4. The Balaban J connectivity index is 1.35. The van der Waals surface area contributed by atoms with Gasteiger partial charge in [0.05, 0.1) is 35.9 Å². The van der Waals surface area contributed by atoms with Crippen LogP contribution in [0.4, 0.5) is 15.0 Å². The third-order valence-corrected chi connectivity index (χ3v) is 8.70. The summed E-state index contributed by atoms with van der Waals surface area (Å²) in [7, 11) is 1.35. The number of hydrogen-bond donors (Lipinski definition) is 0. The van der Waals surface area contributed by atoms with Crippen LogP contribution in [0.5, 0.6) is 6.01 Å². The number of ether oxygens (including phenoxy) is 4. The van der Waals surface area contributed by atoms with Gasteiger partial charge in [-0.1, -0.05) is 24.9 Å². The average molecular weight is 675 g/mol. The van der Waals surface area contributed by atoms with Crippen LogP contribution in [-0.4, -0.2) is 111 Å². The highest BCUT2D eigenvalue weighted by molar-refractivity contribution is 9.10. The number of unbranched alkanes of at least 4 members (excludes halogenated alkanes) is 1. The number of benzene rings is 1. The number of aromatic nitrogens is 2. The Morgan fingerprint density at radius 3 is 2.52 bits per heavy atom. The molecule has 0 N–H and O–H groups in total. The SMILES string of the molecule is CCCCOC(=O)N1CCN(c2nc(OCCCN3CCC(OCC(=O)OC)CC3)nc3c(F)c(Br)c(Cl)cc23)CC1. The molecule has 0 aliphatic carbocycles. The Bertz CT molecular complexity index is 1230. The van der Waals surface area contributed by atoms with Crippen molar-refractivity contribution in [1.29, 1.82) is 0 Å². The average Bonchev–Trinajstić information content (AvgIpc) is 3.01. The first-order chi connectivity index (χ1) is 20.3. The second-order valence-corrected chi connectivity index (χ2v) is 11.5. The number of likely N-dealkylation sites (tertiary alicyclic amines) is 1. The lowest BCUT2D eigenvalue weighted by molar-refractivity contribution is -0.149. The molecular weight excluding hydrogens is 637 g/mol. The molecule has 2 saturated heterocycles. The maximum atomic E-state index is 15.3. The van der Waals surface area contributed by atoms with Crippen molar-refractivity contribution in [2.75, 3.05) is 77.6 Å². The number of halogens is 3. The minimum atomic E-state index is -0.582. The molecule has 0 saturated carbocycles. The van der Waals surface area contributed by atoms with Crippen molar-refractivity contribution in [1.82, 2.24) is 19.8 Å². The molecule has 0 radical (unpaired) electrons. The second kappa shape index (κ2) is 15.8. The highest BCUT2D eigenvalue weighted by Crippen LogP contribution is 2.36. The third kappa shape index (κ3) is 8.55. The van der Waals surface area contributed by atoms with Gasteiger partial charge in [-0.15, -0.1) is 0 Å². The predicted octanol–water partition coefficient (Wildman–Crippen LogP) is 4.67. The van der Waals surface area contributed by atoms with E-state index in [2.05, 4.69) is 35.5 Å². The van der Waals surface area contributed by atoms with Gasteiger partial charge in [0.15, 0.2) is 5.82 Å². The van der Waals surface area contributed by atoms with Gasteiger partial charge in [0.2, 0.25) is 0 Å². The lowest BCUT2D eigenvalue weighted by Gasteiger charge is -2.35. The lowest BCUT2D eigenvalue weighted by atomic mass is 10.1. The predicted molar refractivity (Wildman–Crippen MR) is 160 cm³/mol. The number of esters is 1. The molecule has 42 heavy (non-hydrogen) atoms. The second-order valence-electron chi connectivity index (χ2n) is 10.3. The van der Waals surface area contributed by atoms with E-state index in [1.165, 1.54) is 7.11 Å². The van der Waals surface area contributed by atoms with Gasteiger partial charge in [-0.05, 0) is 47.7 Å². The van der Waals surface area contributed by atoms with E-state index < -0.39 is 5.82 Å². The Kier molecular flexibility index (Phi) is 12.2. The van der Waals surface area contributed by atoms with Crippen molar-refractivity contribution in [3.8, 4) is 6.01 Å². The summed E-state index contributed by atoms with van der Waals surface area (Å²) in [5, 5.41) is 0.695. The van der Waals surface area contributed by atoms with Gasteiger partial charge in [0.1, 0.15) is 17.9 Å². The van der Waals surface area contributed by atoms with E-state index >= 15 is 4.39 Å². The molecule has 14 heteroatoms. The minimum absolute atomic E-state index is 0.0204. The van der Waals surface area contributed by atoms with E-state index in [9.17, 15) is 9.59 Å². The van der Waals surface area contributed by atoms with Crippen molar-refractivity contribution in [2.24, 2.45) is 0 Å². The van der Waals surface area contributed by atoms with Gasteiger partial charge in [0, 0.05) is 51.2 Å². The summed E-state index contributed by atoms with van der Waals surface area (Å²) in [6, 6.07) is 1.73. The van der Waals surface area contributed by atoms with Gasteiger partial charge < -0.3 is 33.6 Å². The van der Waals surface area contributed by atoms with Crippen molar-refractivity contribution in [3.63, 3.8) is 0 Å². The summed E-state index contributed by atoms with van der Waals surface area (Å²) in [6.07, 6.45) is 3.93. The lowest BCUT2D eigenvalue weighted by Crippen LogP contribution is -2.49. The highest BCUT2D eigenvalue weighted by atomic mass is 79.9. The molecule has 0 atom stereocenters. The van der Waals surface area contributed by atoms with Gasteiger partial charge in [-0.25, -0.2) is 14.0 Å². The molecule has 1 amide bonds. The first kappa shape index (κ1) is 32.4. The summed E-state index contributed by atoms with van der Waals surface area (Å²) < 4.78 is 36.9. The third-order valence-electron chi connectivity index (χ3n) is 7.40. The standard InChI is InChI=1S/C28H38BrClFN5O6/c1-3-4-15-41-28(38)36-13-11-35(12-14-36)26-20-17-21(30)23(29)24(31)25(20)32-27(33-26)40-16-5-8-34-9-6-19(7-10-34)42-18-22(37)39-2/h17,19H,3-16,18H2,1-2H3. The van der Waals surface area contributed by atoms with Crippen molar-refractivity contribution < 1.29 is 32.9 Å². The number of anilines is 1. The van der Waals surface area contributed by atoms with E-state index in [1.54, 1.807) is 11.0 Å². The molecule has 2 aromatic rings. The molecule has 11 nitrogen and oxygen atoms in total. The molecule has 232 valence electrons. The maximum absolute atomic E-state index is 15.3. The van der Waals surface area contributed by atoms with Crippen LogP contribution < -0.4 is 9.64 Å². The van der Waals surface area contributed by atoms with Crippen LogP contribution in [0, 0.1) is 5.82 Å². The molecule has 0 unspecified atom stereocenters. The van der Waals surface area contributed by atoms with Gasteiger partial charge in [-0.2, -0.15) is 9.97 Å². The number of fused-ring (bicyclic) bond motifs is 1. The minimum Gasteiger partial charge on any atom is -0.467 e. The number of hydrogen-bond acceptors (Lipinski definition) is 10. The molecule has 1 aromatic heterocycles. The zero-order valence-electron chi connectivity index (χ0n) is 24.1. The van der Waals surface area contributed by atoms with E-state index in [-0.39, 0.29) is 45.8 Å². The summed E-state index contributed by atoms with van der Waals surface area (Å²) >= 11 is 9.51. The number of piperazine rings is 1. The van der Waals surface area contributed by atoms with E-state index in [1.807, 2.05) is 11.8 Å². The Hall–Kier alpha value is -2.48. The van der Waals surface area contributed by atoms with Gasteiger partial charge >= 0.3 is 18.1 Å². The molecule has 2 aliphatic heterocycles. The van der Waals surface area contributed by atoms with Crippen LogP contribution in [0.2, 0.25) is 5.02 Å². The summed E-state index contributed by atoms with van der Waals surface area (Å²) in [4.78, 5) is 38.7. The van der Waals surface area contributed by atoms with Crippen molar-refractivity contribution in [3.05, 3.63) is 21.4 Å². The van der Waals surface area contributed by atoms with Crippen LogP contribution in [0.15, 0.2) is 10.5 Å². The van der Waals surface area contributed by atoms with Gasteiger partial charge in [0.25, 0.3) is 0 Å². The van der Waals surface area contributed by atoms with Crippen LogP contribution in [-0.2, 0) is 19.0 Å². The fourth-order valence-electron chi connectivity index (χ4n) is 4.93. The van der Waals surface area contributed by atoms with E-state index in [0.29, 0.717) is 50.6 Å². The molecule has 0 bridgehead atoms. The smallest absolute Gasteiger partial charge is 0.409 e. The Labute approximate surface area is 258 Å². The Morgan fingerprint density at radius 1 is 1.10 bits per heavy atom. The van der Waals surface area contributed by atoms with Crippen LogP contribution in [0.3, 0.4) is 0 Å². The summed E-state index contributed by atoms with van der Waals surface area (Å²) in [5.41, 5.74) is 0.113. The normalized spacial score (nSPS) is 16.6. The molecule has 2 aliphatic rings.